The molecule has 0 aliphatic carbocycles. The predicted octanol–water partition coefficient (Wildman–Crippen LogP) is 3.12. The minimum absolute atomic E-state index is 0.0158. The van der Waals surface area contributed by atoms with Crippen molar-refractivity contribution in [3.05, 3.63) is 11.1 Å². The second kappa shape index (κ2) is 7.19. The van der Waals surface area contributed by atoms with Crippen LogP contribution in [0.3, 0.4) is 0 Å². The molecule has 1 unspecified atom stereocenters. The molecule has 0 aromatic heterocycles. The number of phenols is 1. The summed E-state index contributed by atoms with van der Waals surface area (Å²) in [6.45, 7) is 5.90. The lowest BCUT2D eigenvalue weighted by molar-refractivity contribution is 0.339. The average Bonchev–Trinajstić information content (AvgIpc) is 2.45. The van der Waals surface area contributed by atoms with E-state index in [1.165, 1.54) is 14.2 Å². The first-order valence-corrected chi connectivity index (χ1v) is 8.65. The van der Waals surface area contributed by atoms with Gasteiger partial charge in [-0.15, -0.1) is 0 Å². The molecular formula is C15H24O6S. The standard InChI is InChI=1S/C15H24O6S/c1-6-8-10-11(9(3)7-2)14(21-5)12(16)15(13(10)20-4)22(17,18)19/h9,16H,6-8H2,1-5H3,(H,17,18,19). The Labute approximate surface area is 131 Å². The van der Waals surface area contributed by atoms with Gasteiger partial charge in [0, 0.05) is 11.1 Å². The molecule has 2 N–H and O–H groups in total. The summed E-state index contributed by atoms with van der Waals surface area (Å²) in [6.07, 6.45) is 2.07. The fourth-order valence-corrected chi connectivity index (χ4v) is 3.40. The Bertz CT molecular complexity index is 636. The highest BCUT2D eigenvalue weighted by atomic mass is 32.2. The zero-order chi connectivity index (χ0) is 17.1. The van der Waals surface area contributed by atoms with Crippen molar-refractivity contribution < 1.29 is 27.6 Å². The summed E-state index contributed by atoms with van der Waals surface area (Å²) < 4.78 is 43.3. The lowest BCUT2D eigenvalue weighted by Crippen LogP contribution is -2.11. The minimum Gasteiger partial charge on any atom is -0.503 e. The van der Waals surface area contributed by atoms with Crippen LogP contribution in [0.5, 0.6) is 17.2 Å². The van der Waals surface area contributed by atoms with Gasteiger partial charge in [0.05, 0.1) is 14.2 Å². The van der Waals surface area contributed by atoms with Crippen LogP contribution in [0.25, 0.3) is 0 Å². The summed E-state index contributed by atoms with van der Waals surface area (Å²) >= 11 is 0. The smallest absolute Gasteiger partial charge is 0.302 e. The zero-order valence-corrected chi connectivity index (χ0v) is 14.5. The van der Waals surface area contributed by atoms with Gasteiger partial charge in [-0.1, -0.05) is 27.2 Å². The van der Waals surface area contributed by atoms with Crippen molar-refractivity contribution in [1.82, 2.24) is 0 Å². The first kappa shape index (κ1) is 18.6. The van der Waals surface area contributed by atoms with Gasteiger partial charge in [0.2, 0.25) is 0 Å². The quantitative estimate of drug-likeness (QED) is 0.745. The van der Waals surface area contributed by atoms with Gasteiger partial charge in [-0.05, 0) is 18.8 Å². The van der Waals surface area contributed by atoms with Crippen molar-refractivity contribution in [2.75, 3.05) is 14.2 Å². The number of hydrogen-bond acceptors (Lipinski definition) is 5. The van der Waals surface area contributed by atoms with Crippen LogP contribution in [0, 0.1) is 0 Å². The Hall–Kier alpha value is -1.47. The van der Waals surface area contributed by atoms with Crippen LogP contribution in [0.4, 0.5) is 0 Å². The van der Waals surface area contributed by atoms with Gasteiger partial charge in [-0.3, -0.25) is 4.55 Å². The average molecular weight is 332 g/mol. The highest BCUT2D eigenvalue weighted by molar-refractivity contribution is 7.86. The molecule has 126 valence electrons. The second-order valence-corrected chi connectivity index (χ2v) is 6.53. The van der Waals surface area contributed by atoms with Crippen LogP contribution >= 0.6 is 0 Å². The summed E-state index contributed by atoms with van der Waals surface area (Å²) in [7, 11) is -1.98. The van der Waals surface area contributed by atoms with Crippen LogP contribution < -0.4 is 9.47 Å². The molecule has 0 radical (unpaired) electrons. The van der Waals surface area contributed by atoms with E-state index < -0.39 is 20.8 Å². The number of aromatic hydroxyl groups is 1. The van der Waals surface area contributed by atoms with Crippen LogP contribution in [0.2, 0.25) is 0 Å². The van der Waals surface area contributed by atoms with Crippen LogP contribution in [0.1, 0.15) is 50.7 Å². The second-order valence-electron chi connectivity index (χ2n) is 5.17. The van der Waals surface area contributed by atoms with Gasteiger partial charge in [0.25, 0.3) is 0 Å². The molecule has 0 aliphatic heterocycles. The Morgan fingerprint density at radius 2 is 1.68 bits per heavy atom. The molecule has 0 amide bonds. The zero-order valence-electron chi connectivity index (χ0n) is 13.6. The molecule has 0 spiro atoms. The van der Waals surface area contributed by atoms with E-state index in [9.17, 15) is 18.1 Å². The number of rotatable bonds is 7. The number of methoxy groups -OCH3 is 2. The van der Waals surface area contributed by atoms with E-state index in [0.29, 0.717) is 17.5 Å². The van der Waals surface area contributed by atoms with Gasteiger partial charge < -0.3 is 14.6 Å². The van der Waals surface area contributed by atoms with Gasteiger partial charge in [-0.2, -0.15) is 8.42 Å². The Morgan fingerprint density at radius 1 is 1.14 bits per heavy atom. The molecule has 1 aromatic carbocycles. The van der Waals surface area contributed by atoms with E-state index in [4.69, 9.17) is 9.47 Å². The van der Waals surface area contributed by atoms with E-state index in [-0.39, 0.29) is 17.4 Å². The van der Waals surface area contributed by atoms with Crippen molar-refractivity contribution in [1.29, 1.82) is 0 Å². The summed E-state index contributed by atoms with van der Waals surface area (Å²) in [6, 6.07) is 0. The lowest BCUT2D eigenvalue weighted by Gasteiger charge is -2.24. The van der Waals surface area contributed by atoms with Gasteiger partial charge in [0.1, 0.15) is 5.75 Å². The summed E-state index contributed by atoms with van der Waals surface area (Å²) in [5.41, 5.74) is 1.36. The molecule has 0 aliphatic rings. The lowest BCUT2D eigenvalue weighted by atomic mass is 9.89. The molecule has 0 heterocycles. The third kappa shape index (κ3) is 3.30. The van der Waals surface area contributed by atoms with Gasteiger partial charge in [-0.25, -0.2) is 0 Å². The van der Waals surface area contributed by atoms with E-state index in [2.05, 4.69) is 0 Å². The first-order valence-electron chi connectivity index (χ1n) is 7.21. The molecule has 7 heteroatoms. The highest BCUT2D eigenvalue weighted by Crippen LogP contribution is 2.49. The van der Waals surface area contributed by atoms with Crippen LogP contribution in [-0.4, -0.2) is 32.3 Å². The molecule has 0 bridgehead atoms. The number of benzene rings is 1. The molecular weight excluding hydrogens is 308 g/mol. The summed E-state index contributed by atoms with van der Waals surface area (Å²) in [5.74, 6) is -0.520. The maximum absolute atomic E-state index is 11.7. The Balaban J connectivity index is 3.98. The molecule has 0 saturated heterocycles. The van der Waals surface area contributed by atoms with Crippen LogP contribution in [-0.2, 0) is 16.5 Å². The third-order valence-corrected chi connectivity index (χ3v) is 4.65. The van der Waals surface area contributed by atoms with Gasteiger partial charge in [0.15, 0.2) is 16.4 Å². The van der Waals surface area contributed by atoms with Crippen molar-refractivity contribution in [3.63, 3.8) is 0 Å². The largest absolute Gasteiger partial charge is 0.503 e. The summed E-state index contributed by atoms with van der Waals surface area (Å²) in [5, 5.41) is 10.3. The molecule has 0 fully saturated rings. The van der Waals surface area contributed by atoms with E-state index in [1.54, 1.807) is 0 Å². The maximum Gasteiger partial charge on any atom is 0.302 e. The van der Waals surface area contributed by atoms with E-state index in [0.717, 1.165) is 12.8 Å². The maximum atomic E-state index is 11.7. The van der Waals surface area contributed by atoms with Crippen molar-refractivity contribution in [2.45, 2.75) is 50.8 Å². The first-order chi connectivity index (χ1) is 10.2. The predicted molar refractivity (Wildman–Crippen MR) is 83.7 cm³/mol. The SMILES string of the molecule is CCCc1c(OC)c(S(=O)(=O)O)c(O)c(OC)c1C(C)CC. The topological polar surface area (TPSA) is 93.1 Å². The Morgan fingerprint density at radius 3 is 2.05 bits per heavy atom. The number of hydrogen-bond donors (Lipinski definition) is 2. The van der Waals surface area contributed by atoms with E-state index >= 15 is 0 Å². The number of ether oxygens (including phenoxy) is 2. The Kier molecular flexibility index (Phi) is 6.08. The monoisotopic (exact) mass is 332 g/mol. The minimum atomic E-state index is -4.65. The normalized spacial score (nSPS) is 13.0. The molecule has 6 nitrogen and oxygen atoms in total. The summed E-state index contributed by atoms with van der Waals surface area (Å²) in [4.78, 5) is -0.637. The van der Waals surface area contributed by atoms with Crippen molar-refractivity contribution >= 4 is 10.1 Å². The van der Waals surface area contributed by atoms with Crippen LogP contribution in [0.15, 0.2) is 4.90 Å². The van der Waals surface area contributed by atoms with Gasteiger partial charge >= 0.3 is 10.1 Å². The molecule has 1 aromatic rings. The molecule has 0 saturated carbocycles. The number of phenolic OH excluding ortho intramolecular Hbond substituents is 1. The molecule has 1 atom stereocenters. The highest BCUT2D eigenvalue weighted by Gasteiger charge is 2.32. The van der Waals surface area contributed by atoms with E-state index in [1.807, 2.05) is 20.8 Å². The van der Waals surface area contributed by atoms with Crippen molar-refractivity contribution in [2.24, 2.45) is 0 Å². The molecule has 1 rings (SSSR count). The molecule has 22 heavy (non-hydrogen) atoms. The fraction of sp³-hybridized carbons (Fsp3) is 0.600. The van der Waals surface area contributed by atoms with Crippen molar-refractivity contribution in [3.8, 4) is 17.2 Å². The fourth-order valence-electron chi connectivity index (χ4n) is 2.62. The third-order valence-electron chi connectivity index (χ3n) is 3.75.